The molecule has 0 fully saturated rings. The van der Waals surface area contributed by atoms with E-state index < -0.39 is 0 Å². The van der Waals surface area contributed by atoms with Crippen LogP contribution in [0.15, 0.2) is 48.7 Å². The first kappa shape index (κ1) is 12.8. The van der Waals surface area contributed by atoms with Crippen LogP contribution < -0.4 is 0 Å². The van der Waals surface area contributed by atoms with Gasteiger partial charge in [-0.25, -0.2) is 0 Å². The topological polar surface area (TPSA) is 12.9 Å². The van der Waals surface area contributed by atoms with E-state index in [0.29, 0.717) is 0 Å². The molecule has 1 aromatic carbocycles. The highest BCUT2D eigenvalue weighted by Gasteiger charge is 2.19. The van der Waals surface area contributed by atoms with Crippen molar-refractivity contribution in [1.82, 2.24) is 4.98 Å². The highest BCUT2D eigenvalue weighted by atomic mass is 14.7. The molecule has 1 nitrogen and oxygen atoms in total. The van der Waals surface area contributed by atoms with E-state index in [1.54, 1.807) is 0 Å². The van der Waals surface area contributed by atoms with Gasteiger partial charge in [-0.1, -0.05) is 63.6 Å². The summed E-state index contributed by atoms with van der Waals surface area (Å²) in [5.74, 6) is 0. The molecule has 0 N–H and O–H groups in total. The zero-order valence-corrected chi connectivity index (χ0v) is 11.5. The molecule has 94 valence electrons. The molecule has 0 saturated heterocycles. The molecule has 2 aromatic rings. The maximum absolute atomic E-state index is 4.60. The second kappa shape index (κ2) is 5.34. The minimum absolute atomic E-state index is 0.219. The van der Waals surface area contributed by atoms with Crippen molar-refractivity contribution in [3.63, 3.8) is 0 Å². The molecule has 2 rings (SSSR count). The molecule has 0 amide bonds. The number of rotatable bonds is 4. The lowest BCUT2D eigenvalue weighted by molar-refractivity contribution is 0.472. The van der Waals surface area contributed by atoms with Gasteiger partial charge in [0, 0.05) is 11.8 Å². The molecule has 0 aliphatic heterocycles. The predicted octanol–water partition coefficient (Wildman–Crippen LogP) is 4.83. The Bertz CT molecular complexity index is 483. The highest BCUT2D eigenvalue weighted by Crippen LogP contribution is 2.28. The molecule has 1 aromatic heterocycles. The smallest absolute Gasteiger partial charge is 0.0702 e. The molecule has 1 heteroatoms. The van der Waals surface area contributed by atoms with Crippen LogP contribution in [0, 0.1) is 0 Å². The van der Waals surface area contributed by atoms with Crippen LogP contribution in [-0.4, -0.2) is 4.98 Å². The minimum atomic E-state index is 0.219. The monoisotopic (exact) mass is 239 g/mol. The molecule has 0 aliphatic carbocycles. The molecule has 0 bridgehead atoms. The average Bonchev–Trinajstić information content (AvgIpc) is 2.40. The van der Waals surface area contributed by atoms with Gasteiger partial charge in [-0.05, 0) is 23.5 Å². The van der Waals surface area contributed by atoms with Crippen molar-refractivity contribution in [2.45, 2.75) is 39.0 Å². The highest BCUT2D eigenvalue weighted by molar-refractivity contribution is 5.58. The van der Waals surface area contributed by atoms with Gasteiger partial charge in [-0.3, -0.25) is 4.98 Å². The summed E-state index contributed by atoms with van der Waals surface area (Å²) in [6, 6.07) is 14.7. The van der Waals surface area contributed by atoms with Crippen LogP contribution in [0.4, 0.5) is 0 Å². The molecule has 0 saturated carbocycles. The van der Waals surface area contributed by atoms with Crippen molar-refractivity contribution < 1.29 is 0 Å². The van der Waals surface area contributed by atoms with Crippen LogP contribution in [0.1, 0.15) is 39.2 Å². The van der Waals surface area contributed by atoms with E-state index in [4.69, 9.17) is 0 Å². The molecule has 0 radical (unpaired) electrons. The van der Waals surface area contributed by atoms with Crippen molar-refractivity contribution in [3.8, 4) is 11.3 Å². The van der Waals surface area contributed by atoms with Crippen molar-refractivity contribution in [1.29, 1.82) is 0 Å². The van der Waals surface area contributed by atoms with Gasteiger partial charge in [0.2, 0.25) is 0 Å². The Balaban J connectivity index is 2.26. The van der Waals surface area contributed by atoms with Crippen molar-refractivity contribution in [2.75, 3.05) is 0 Å². The van der Waals surface area contributed by atoms with Crippen molar-refractivity contribution in [3.05, 3.63) is 54.2 Å². The van der Waals surface area contributed by atoms with Crippen LogP contribution in [0.2, 0.25) is 0 Å². The summed E-state index contributed by atoms with van der Waals surface area (Å²) in [5, 5.41) is 0. The zero-order chi connectivity index (χ0) is 13.0. The van der Waals surface area contributed by atoms with E-state index in [-0.39, 0.29) is 5.41 Å². The van der Waals surface area contributed by atoms with Gasteiger partial charge >= 0.3 is 0 Å². The second-order valence-electron chi connectivity index (χ2n) is 5.43. The Morgan fingerprint density at radius 2 is 1.72 bits per heavy atom. The average molecular weight is 239 g/mol. The van der Waals surface area contributed by atoms with Gasteiger partial charge in [-0.2, -0.15) is 0 Å². The maximum atomic E-state index is 4.60. The number of pyridine rings is 1. The van der Waals surface area contributed by atoms with Gasteiger partial charge in [0.15, 0.2) is 0 Å². The summed E-state index contributed by atoms with van der Waals surface area (Å²) >= 11 is 0. The number of benzene rings is 1. The Kier molecular flexibility index (Phi) is 3.81. The van der Waals surface area contributed by atoms with Crippen LogP contribution in [0.25, 0.3) is 11.3 Å². The van der Waals surface area contributed by atoms with Crippen LogP contribution in [-0.2, 0) is 5.41 Å². The standard InChI is InChI=1S/C17H21N/c1-4-12-17(2,3)15-10-11-16(18-13-15)14-8-6-5-7-9-14/h5-11,13H,4,12H2,1-3H3. The number of hydrogen-bond acceptors (Lipinski definition) is 1. The molecular weight excluding hydrogens is 218 g/mol. The third kappa shape index (κ3) is 2.79. The lowest BCUT2D eigenvalue weighted by atomic mass is 9.81. The molecule has 1 heterocycles. The molecule has 0 spiro atoms. The van der Waals surface area contributed by atoms with E-state index in [1.165, 1.54) is 24.0 Å². The first-order chi connectivity index (χ1) is 8.63. The number of aromatic nitrogens is 1. The summed E-state index contributed by atoms with van der Waals surface area (Å²) in [5.41, 5.74) is 3.77. The lowest BCUT2D eigenvalue weighted by Gasteiger charge is -2.24. The van der Waals surface area contributed by atoms with E-state index >= 15 is 0 Å². The quantitative estimate of drug-likeness (QED) is 0.745. The normalized spacial score (nSPS) is 11.5. The second-order valence-corrected chi connectivity index (χ2v) is 5.43. The summed E-state index contributed by atoms with van der Waals surface area (Å²) in [6.07, 6.45) is 4.42. The van der Waals surface area contributed by atoms with Crippen LogP contribution in [0.3, 0.4) is 0 Å². The third-order valence-corrected chi connectivity index (χ3v) is 3.49. The Labute approximate surface area is 110 Å². The van der Waals surface area contributed by atoms with Gasteiger partial charge in [0.25, 0.3) is 0 Å². The number of hydrogen-bond donors (Lipinski definition) is 0. The summed E-state index contributed by atoms with van der Waals surface area (Å²) in [4.78, 5) is 4.60. The SMILES string of the molecule is CCCC(C)(C)c1ccc(-c2ccccc2)nc1. The van der Waals surface area contributed by atoms with Crippen molar-refractivity contribution in [2.24, 2.45) is 0 Å². The fourth-order valence-electron chi connectivity index (χ4n) is 2.34. The largest absolute Gasteiger partial charge is 0.256 e. The van der Waals surface area contributed by atoms with Gasteiger partial charge in [0.05, 0.1) is 5.69 Å². The Morgan fingerprint density at radius 3 is 2.28 bits per heavy atom. The van der Waals surface area contributed by atoms with E-state index in [9.17, 15) is 0 Å². The Hall–Kier alpha value is -1.63. The lowest BCUT2D eigenvalue weighted by Crippen LogP contribution is -2.16. The molecular formula is C17H21N. The first-order valence-corrected chi connectivity index (χ1v) is 6.65. The van der Waals surface area contributed by atoms with Crippen LogP contribution in [0.5, 0.6) is 0 Å². The van der Waals surface area contributed by atoms with Gasteiger partial charge in [-0.15, -0.1) is 0 Å². The zero-order valence-electron chi connectivity index (χ0n) is 11.5. The summed E-state index contributed by atoms with van der Waals surface area (Å²) < 4.78 is 0. The van der Waals surface area contributed by atoms with Crippen molar-refractivity contribution >= 4 is 0 Å². The fourth-order valence-corrected chi connectivity index (χ4v) is 2.34. The van der Waals surface area contributed by atoms with E-state index in [1.807, 2.05) is 24.4 Å². The van der Waals surface area contributed by atoms with E-state index in [2.05, 4.69) is 50.0 Å². The summed E-state index contributed by atoms with van der Waals surface area (Å²) in [7, 11) is 0. The molecule has 18 heavy (non-hydrogen) atoms. The molecule has 0 aliphatic rings. The molecule has 0 atom stereocenters. The van der Waals surface area contributed by atoms with Gasteiger partial charge < -0.3 is 0 Å². The third-order valence-electron chi connectivity index (χ3n) is 3.49. The maximum Gasteiger partial charge on any atom is 0.0702 e. The molecule has 0 unspecified atom stereocenters. The number of nitrogens with zero attached hydrogens (tertiary/aromatic N) is 1. The van der Waals surface area contributed by atoms with E-state index in [0.717, 1.165) is 5.69 Å². The fraction of sp³-hybridized carbons (Fsp3) is 0.353. The Morgan fingerprint density at radius 1 is 1.00 bits per heavy atom. The van der Waals surface area contributed by atoms with Crippen LogP contribution >= 0.6 is 0 Å². The minimum Gasteiger partial charge on any atom is -0.256 e. The summed E-state index contributed by atoms with van der Waals surface area (Å²) in [6.45, 7) is 6.80. The first-order valence-electron chi connectivity index (χ1n) is 6.65. The predicted molar refractivity (Wildman–Crippen MR) is 77.6 cm³/mol. The van der Waals surface area contributed by atoms with Gasteiger partial charge in [0.1, 0.15) is 0 Å².